The molecule has 4 rings (SSSR count). The molecule has 1 atom stereocenters. The fraction of sp³-hybridized carbons (Fsp3) is 0.400. The van der Waals surface area contributed by atoms with Gasteiger partial charge in [-0.15, -0.1) is 0 Å². The number of nitrogens with zero attached hydrogens (tertiary/aromatic N) is 1. The Bertz CT molecular complexity index is 1020. The van der Waals surface area contributed by atoms with E-state index in [9.17, 15) is 19.5 Å². The maximum Gasteiger partial charge on any atom is 0.407 e. The van der Waals surface area contributed by atoms with Gasteiger partial charge in [0.05, 0.1) is 6.42 Å². The lowest BCUT2D eigenvalue weighted by Gasteiger charge is -2.38. The molecule has 1 aliphatic carbocycles. The van der Waals surface area contributed by atoms with E-state index < -0.39 is 24.5 Å². The number of carboxylic acid groups (broad SMARTS) is 1. The molecule has 2 N–H and O–H groups in total. The number of carbonyl (C=O) groups excluding carboxylic acids is 2. The molecule has 2 amide bonds. The molecule has 174 valence electrons. The minimum absolute atomic E-state index is 0.0984. The van der Waals surface area contributed by atoms with Gasteiger partial charge in [-0.25, -0.2) is 4.79 Å². The Kier molecular flexibility index (Phi) is 6.65. The summed E-state index contributed by atoms with van der Waals surface area (Å²) in [6.07, 6.45) is -1.28. The number of carbonyl (C=O) groups is 3. The Morgan fingerprint density at radius 2 is 1.73 bits per heavy atom. The summed E-state index contributed by atoms with van der Waals surface area (Å²) >= 11 is 1.77. The number of fused-ring (bicyclic) bond motifs is 3. The van der Waals surface area contributed by atoms with Crippen molar-refractivity contribution in [1.29, 1.82) is 0 Å². The lowest BCUT2D eigenvalue weighted by atomic mass is 9.98. The molecule has 2 aliphatic rings. The average molecular weight is 469 g/mol. The second kappa shape index (κ2) is 9.47. The van der Waals surface area contributed by atoms with Crippen LogP contribution < -0.4 is 5.32 Å². The molecule has 1 aliphatic heterocycles. The van der Waals surface area contributed by atoms with Crippen LogP contribution in [0.25, 0.3) is 11.1 Å². The molecule has 1 heterocycles. The third-order valence-corrected chi connectivity index (χ3v) is 7.35. The van der Waals surface area contributed by atoms with E-state index in [1.807, 2.05) is 62.4 Å². The second-order valence-electron chi connectivity index (χ2n) is 8.99. The van der Waals surface area contributed by atoms with Gasteiger partial charge in [-0.1, -0.05) is 48.5 Å². The Labute approximate surface area is 197 Å². The van der Waals surface area contributed by atoms with Crippen molar-refractivity contribution in [2.24, 2.45) is 0 Å². The maximum absolute atomic E-state index is 13.0. The number of benzene rings is 2. The summed E-state index contributed by atoms with van der Waals surface area (Å²) in [4.78, 5) is 38.7. The number of ether oxygens (including phenoxy) is 1. The molecule has 0 aromatic heterocycles. The van der Waals surface area contributed by atoms with Crippen molar-refractivity contribution in [3.05, 3.63) is 59.7 Å². The predicted molar refractivity (Wildman–Crippen MR) is 127 cm³/mol. The van der Waals surface area contributed by atoms with Gasteiger partial charge in [0.1, 0.15) is 12.6 Å². The zero-order valence-electron chi connectivity index (χ0n) is 18.7. The monoisotopic (exact) mass is 468 g/mol. The highest BCUT2D eigenvalue weighted by atomic mass is 32.2. The first-order chi connectivity index (χ1) is 15.7. The minimum Gasteiger partial charge on any atom is -0.481 e. The van der Waals surface area contributed by atoms with E-state index in [0.717, 1.165) is 28.0 Å². The van der Waals surface area contributed by atoms with E-state index in [4.69, 9.17) is 4.74 Å². The summed E-state index contributed by atoms with van der Waals surface area (Å²) in [5, 5.41) is 11.8. The van der Waals surface area contributed by atoms with Crippen LogP contribution in [0.4, 0.5) is 4.79 Å². The summed E-state index contributed by atoms with van der Waals surface area (Å²) in [6.45, 7) is 5.21. The zero-order chi connectivity index (χ0) is 23.6. The summed E-state index contributed by atoms with van der Waals surface area (Å²) in [7, 11) is 0. The van der Waals surface area contributed by atoms with E-state index in [1.165, 1.54) is 0 Å². The van der Waals surface area contributed by atoms with Crippen molar-refractivity contribution in [3.8, 4) is 11.1 Å². The van der Waals surface area contributed by atoms with Crippen molar-refractivity contribution in [2.75, 3.05) is 25.4 Å². The molecule has 0 radical (unpaired) electrons. The lowest BCUT2D eigenvalue weighted by molar-refractivity contribution is -0.142. The zero-order valence-corrected chi connectivity index (χ0v) is 19.6. The number of carboxylic acids is 1. The van der Waals surface area contributed by atoms with Crippen molar-refractivity contribution in [1.82, 2.24) is 10.2 Å². The molecular formula is C25H28N2O5S. The molecule has 0 bridgehead atoms. The molecule has 1 saturated heterocycles. The van der Waals surface area contributed by atoms with Crippen LogP contribution in [0.1, 0.15) is 37.3 Å². The van der Waals surface area contributed by atoms with E-state index in [-0.39, 0.29) is 23.2 Å². The van der Waals surface area contributed by atoms with Crippen LogP contribution in [0, 0.1) is 0 Å². The molecular weight excluding hydrogens is 440 g/mol. The van der Waals surface area contributed by atoms with E-state index >= 15 is 0 Å². The number of aliphatic carboxylic acids is 1. The molecule has 0 spiro atoms. The van der Waals surface area contributed by atoms with Gasteiger partial charge in [-0.2, -0.15) is 11.8 Å². The summed E-state index contributed by atoms with van der Waals surface area (Å²) in [6, 6.07) is 14.8. The van der Waals surface area contributed by atoms with Gasteiger partial charge in [0.15, 0.2) is 0 Å². The van der Waals surface area contributed by atoms with Crippen molar-refractivity contribution >= 4 is 29.7 Å². The molecule has 1 fully saturated rings. The van der Waals surface area contributed by atoms with Gasteiger partial charge in [0.2, 0.25) is 5.91 Å². The van der Waals surface area contributed by atoms with Crippen molar-refractivity contribution < 1.29 is 24.2 Å². The largest absolute Gasteiger partial charge is 0.481 e. The van der Waals surface area contributed by atoms with E-state index in [2.05, 4.69) is 5.32 Å². The smallest absolute Gasteiger partial charge is 0.407 e. The first kappa shape index (κ1) is 23.2. The summed E-state index contributed by atoms with van der Waals surface area (Å²) in [5.74, 6) is -0.891. The van der Waals surface area contributed by atoms with Crippen molar-refractivity contribution in [3.63, 3.8) is 0 Å². The second-order valence-corrected chi connectivity index (χ2v) is 10.8. The van der Waals surface area contributed by atoms with Gasteiger partial charge in [0, 0.05) is 29.5 Å². The number of nitrogens with one attached hydrogen (secondary N) is 1. The first-order valence-electron chi connectivity index (χ1n) is 11.0. The standard InChI is InChI=1S/C25H28N2O5S/c1-25(2)15-27(11-12-33-25)23(30)21(13-22(28)29)26-24(31)32-14-20-18-9-5-3-7-16(18)17-8-4-6-10-19(17)20/h3-10,20-21H,11-15H2,1-2H3,(H,26,31)(H,28,29). The molecule has 7 nitrogen and oxygen atoms in total. The van der Waals surface area contributed by atoms with Crippen LogP contribution in [-0.2, 0) is 14.3 Å². The highest BCUT2D eigenvalue weighted by molar-refractivity contribution is 8.00. The summed E-state index contributed by atoms with van der Waals surface area (Å²) < 4.78 is 5.39. The average Bonchev–Trinajstić information content (AvgIpc) is 3.09. The van der Waals surface area contributed by atoms with Gasteiger partial charge in [-0.05, 0) is 36.1 Å². The molecule has 1 unspecified atom stereocenters. The Hall–Kier alpha value is -3.00. The van der Waals surface area contributed by atoms with Crippen LogP contribution in [0.3, 0.4) is 0 Å². The molecule has 2 aromatic carbocycles. The van der Waals surface area contributed by atoms with Crippen LogP contribution in [0.2, 0.25) is 0 Å². The number of rotatable bonds is 6. The molecule has 8 heteroatoms. The fourth-order valence-corrected chi connectivity index (χ4v) is 5.69. The Morgan fingerprint density at radius 3 is 2.30 bits per heavy atom. The number of hydrogen-bond donors (Lipinski definition) is 2. The Morgan fingerprint density at radius 1 is 1.12 bits per heavy atom. The van der Waals surface area contributed by atoms with Gasteiger partial charge >= 0.3 is 12.1 Å². The van der Waals surface area contributed by atoms with Gasteiger partial charge in [0.25, 0.3) is 0 Å². The van der Waals surface area contributed by atoms with E-state index in [0.29, 0.717) is 13.1 Å². The van der Waals surface area contributed by atoms with Crippen LogP contribution in [0.15, 0.2) is 48.5 Å². The lowest BCUT2D eigenvalue weighted by Crippen LogP contribution is -2.54. The summed E-state index contributed by atoms with van der Waals surface area (Å²) in [5.41, 5.74) is 4.40. The normalized spacial score (nSPS) is 17.6. The van der Waals surface area contributed by atoms with Crippen molar-refractivity contribution in [2.45, 2.75) is 37.0 Å². The minimum atomic E-state index is -1.17. The third kappa shape index (κ3) is 5.16. The molecule has 0 saturated carbocycles. The highest BCUT2D eigenvalue weighted by Crippen LogP contribution is 2.44. The van der Waals surface area contributed by atoms with Crippen LogP contribution >= 0.6 is 11.8 Å². The van der Waals surface area contributed by atoms with Gasteiger partial charge in [-0.3, -0.25) is 9.59 Å². The molecule has 2 aromatic rings. The molecule has 33 heavy (non-hydrogen) atoms. The predicted octanol–water partition coefficient (Wildman–Crippen LogP) is 3.72. The van der Waals surface area contributed by atoms with E-state index in [1.54, 1.807) is 16.7 Å². The highest BCUT2D eigenvalue weighted by Gasteiger charge is 2.35. The van der Waals surface area contributed by atoms with Crippen LogP contribution in [0.5, 0.6) is 0 Å². The number of amides is 2. The number of thioether (sulfide) groups is 1. The SMILES string of the molecule is CC1(C)CN(C(=O)C(CC(=O)O)NC(=O)OCC2c3ccccc3-c3ccccc32)CCS1. The maximum atomic E-state index is 13.0. The number of alkyl carbamates (subject to hydrolysis) is 1. The quantitative estimate of drug-likeness (QED) is 0.671. The third-order valence-electron chi connectivity index (χ3n) is 6.05. The van der Waals surface area contributed by atoms with Crippen LogP contribution in [-0.4, -0.2) is 64.2 Å². The number of hydrogen-bond acceptors (Lipinski definition) is 5. The topological polar surface area (TPSA) is 95.9 Å². The first-order valence-corrected chi connectivity index (χ1v) is 12.0. The fourth-order valence-electron chi connectivity index (χ4n) is 4.58. The Balaban J connectivity index is 1.43. The van der Waals surface area contributed by atoms with Gasteiger partial charge < -0.3 is 20.1 Å².